The minimum atomic E-state index is -0.287. The average Bonchev–Trinajstić information content (AvgIpc) is 2.56. The Morgan fingerprint density at radius 1 is 1.09 bits per heavy atom. The van der Waals surface area contributed by atoms with Crippen molar-refractivity contribution >= 4 is 23.0 Å². The standard InChI is InChI=1S/C17H18ClFN2O/c18-16-2-1-3-17(19)15(16)12-20-13-4-6-14(7-5-13)21-8-10-22-11-9-21/h1-7,20H,8-12H2. The summed E-state index contributed by atoms with van der Waals surface area (Å²) >= 11 is 6.02. The first kappa shape index (κ1) is 15.1. The Labute approximate surface area is 134 Å². The van der Waals surface area contributed by atoms with Gasteiger partial charge < -0.3 is 15.0 Å². The van der Waals surface area contributed by atoms with Gasteiger partial charge in [-0.3, -0.25) is 0 Å². The smallest absolute Gasteiger partial charge is 0.129 e. The highest BCUT2D eigenvalue weighted by atomic mass is 35.5. The van der Waals surface area contributed by atoms with E-state index < -0.39 is 0 Å². The zero-order valence-corrected chi connectivity index (χ0v) is 12.9. The maximum absolute atomic E-state index is 13.7. The van der Waals surface area contributed by atoms with E-state index >= 15 is 0 Å². The quantitative estimate of drug-likeness (QED) is 0.924. The SMILES string of the molecule is Fc1cccc(Cl)c1CNc1ccc(N2CCOCC2)cc1. The van der Waals surface area contributed by atoms with E-state index in [1.165, 1.54) is 11.8 Å². The van der Waals surface area contributed by atoms with Crippen LogP contribution in [0.15, 0.2) is 42.5 Å². The summed E-state index contributed by atoms with van der Waals surface area (Å²) < 4.78 is 19.1. The number of hydrogen-bond donors (Lipinski definition) is 1. The molecule has 1 aliphatic heterocycles. The number of anilines is 2. The van der Waals surface area contributed by atoms with Crippen LogP contribution in [-0.2, 0) is 11.3 Å². The second kappa shape index (κ2) is 6.99. The van der Waals surface area contributed by atoms with Crippen molar-refractivity contribution in [1.82, 2.24) is 0 Å². The van der Waals surface area contributed by atoms with Crippen LogP contribution in [0.1, 0.15) is 5.56 Å². The zero-order valence-electron chi connectivity index (χ0n) is 12.2. The molecule has 0 saturated carbocycles. The number of nitrogens with one attached hydrogen (secondary N) is 1. The molecule has 5 heteroatoms. The van der Waals surface area contributed by atoms with Crippen molar-refractivity contribution in [2.24, 2.45) is 0 Å². The van der Waals surface area contributed by atoms with Crippen LogP contribution in [0.5, 0.6) is 0 Å². The lowest BCUT2D eigenvalue weighted by Gasteiger charge is -2.29. The van der Waals surface area contributed by atoms with Gasteiger partial charge in [0.1, 0.15) is 5.82 Å². The average molecular weight is 321 g/mol. The predicted octanol–water partition coefficient (Wildman–Crippen LogP) is 3.93. The summed E-state index contributed by atoms with van der Waals surface area (Å²) in [4.78, 5) is 2.29. The summed E-state index contributed by atoms with van der Waals surface area (Å²) in [5, 5.41) is 3.65. The van der Waals surface area contributed by atoms with Crippen LogP contribution in [0.4, 0.5) is 15.8 Å². The van der Waals surface area contributed by atoms with E-state index in [-0.39, 0.29) is 5.82 Å². The Hall–Kier alpha value is -1.78. The maximum atomic E-state index is 13.7. The summed E-state index contributed by atoms with van der Waals surface area (Å²) in [6, 6.07) is 12.9. The highest BCUT2D eigenvalue weighted by Crippen LogP contribution is 2.22. The maximum Gasteiger partial charge on any atom is 0.129 e. The van der Waals surface area contributed by atoms with Crippen LogP contribution in [0, 0.1) is 5.82 Å². The number of nitrogens with zero attached hydrogens (tertiary/aromatic N) is 1. The van der Waals surface area contributed by atoms with E-state index in [2.05, 4.69) is 22.3 Å². The van der Waals surface area contributed by atoms with Gasteiger partial charge in [-0.15, -0.1) is 0 Å². The van der Waals surface area contributed by atoms with Crippen molar-refractivity contribution in [2.45, 2.75) is 6.54 Å². The van der Waals surface area contributed by atoms with Gasteiger partial charge in [0, 0.05) is 41.6 Å². The molecule has 0 unspecified atom stereocenters. The third-order valence-electron chi connectivity index (χ3n) is 3.77. The second-order valence-electron chi connectivity index (χ2n) is 5.20. The molecule has 1 heterocycles. The number of morpholine rings is 1. The molecule has 1 saturated heterocycles. The predicted molar refractivity (Wildman–Crippen MR) is 88.2 cm³/mol. The molecule has 22 heavy (non-hydrogen) atoms. The van der Waals surface area contributed by atoms with Crippen molar-refractivity contribution in [1.29, 1.82) is 0 Å². The summed E-state index contributed by atoms with van der Waals surface area (Å²) in [6.07, 6.45) is 0. The molecule has 0 amide bonds. The lowest BCUT2D eigenvalue weighted by atomic mass is 10.2. The van der Waals surface area contributed by atoms with Crippen molar-refractivity contribution < 1.29 is 9.13 Å². The van der Waals surface area contributed by atoms with Crippen LogP contribution in [-0.4, -0.2) is 26.3 Å². The van der Waals surface area contributed by atoms with Crippen molar-refractivity contribution in [2.75, 3.05) is 36.5 Å². The summed E-state index contributed by atoms with van der Waals surface area (Å²) in [5.74, 6) is -0.287. The van der Waals surface area contributed by atoms with Gasteiger partial charge >= 0.3 is 0 Å². The van der Waals surface area contributed by atoms with E-state index in [4.69, 9.17) is 16.3 Å². The fourth-order valence-corrected chi connectivity index (χ4v) is 2.73. The van der Waals surface area contributed by atoms with Gasteiger partial charge in [0.2, 0.25) is 0 Å². The lowest BCUT2D eigenvalue weighted by molar-refractivity contribution is 0.122. The van der Waals surface area contributed by atoms with Gasteiger partial charge in [-0.2, -0.15) is 0 Å². The fourth-order valence-electron chi connectivity index (χ4n) is 2.50. The Kier molecular flexibility index (Phi) is 4.80. The fraction of sp³-hybridized carbons (Fsp3) is 0.294. The molecule has 1 aliphatic rings. The molecule has 2 aromatic carbocycles. The highest BCUT2D eigenvalue weighted by Gasteiger charge is 2.11. The third kappa shape index (κ3) is 3.51. The first-order chi connectivity index (χ1) is 10.7. The molecule has 1 N–H and O–H groups in total. The summed E-state index contributed by atoms with van der Waals surface area (Å²) in [6.45, 7) is 3.73. The number of benzene rings is 2. The molecule has 0 aromatic heterocycles. The van der Waals surface area contributed by atoms with Gasteiger partial charge in [-0.1, -0.05) is 17.7 Å². The van der Waals surface area contributed by atoms with Gasteiger partial charge in [0.25, 0.3) is 0 Å². The van der Waals surface area contributed by atoms with E-state index in [9.17, 15) is 4.39 Å². The van der Waals surface area contributed by atoms with Crippen LogP contribution in [0.2, 0.25) is 5.02 Å². The van der Waals surface area contributed by atoms with Crippen molar-refractivity contribution in [3.8, 4) is 0 Å². The van der Waals surface area contributed by atoms with Crippen LogP contribution in [0.3, 0.4) is 0 Å². The van der Waals surface area contributed by atoms with Crippen LogP contribution >= 0.6 is 11.6 Å². The van der Waals surface area contributed by atoms with E-state index in [1.807, 2.05) is 12.1 Å². The molecular formula is C17H18ClFN2O. The number of rotatable bonds is 4. The molecule has 0 bridgehead atoms. The molecule has 0 radical (unpaired) electrons. The molecule has 0 atom stereocenters. The van der Waals surface area contributed by atoms with Gasteiger partial charge in [-0.05, 0) is 36.4 Å². The monoisotopic (exact) mass is 320 g/mol. The molecule has 1 fully saturated rings. The molecule has 0 spiro atoms. The Balaban J connectivity index is 1.64. The first-order valence-corrected chi connectivity index (χ1v) is 7.71. The topological polar surface area (TPSA) is 24.5 Å². The van der Waals surface area contributed by atoms with E-state index in [0.717, 1.165) is 32.0 Å². The van der Waals surface area contributed by atoms with Gasteiger partial charge in [-0.25, -0.2) is 4.39 Å². The first-order valence-electron chi connectivity index (χ1n) is 7.33. The Morgan fingerprint density at radius 3 is 2.50 bits per heavy atom. The van der Waals surface area contributed by atoms with Crippen LogP contribution in [0.25, 0.3) is 0 Å². The molecule has 2 aromatic rings. The second-order valence-corrected chi connectivity index (χ2v) is 5.61. The summed E-state index contributed by atoms with van der Waals surface area (Å²) in [5.41, 5.74) is 2.61. The van der Waals surface area contributed by atoms with Crippen molar-refractivity contribution in [3.63, 3.8) is 0 Å². The van der Waals surface area contributed by atoms with Gasteiger partial charge in [0.05, 0.1) is 13.2 Å². The van der Waals surface area contributed by atoms with E-state index in [0.29, 0.717) is 17.1 Å². The van der Waals surface area contributed by atoms with Gasteiger partial charge in [0.15, 0.2) is 0 Å². The number of hydrogen-bond acceptors (Lipinski definition) is 3. The minimum absolute atomic E-state index is 0.287. The molecule has 3 rings (SSSR count). The van der Waals surface area contributed by atoms with Crippen LogP contribution < -0.4 is 10.2 Å². The van der Waals surface area contributed by atoms with Crippen molar-refractivity contribution in [3.05, 3.63) is 58.9 Å². The molecule has 116 valence electrons. The Morgan fingerprint density at radius 2 is 1.82 bits per heavy atom. The van der Waals surface area contributed by atoms with E-state index in [1.54, 1.807) is 12.1 Å². The molecule has 3 nitrogen and oxygen atoms in total. The summed E-state index contributed by atoms with van der Waals surface area (Å²) in [7, 11) is 0. The highest BCUT2D eigenvalue weighted by molar-refractivity contribution is 6.31. The largest absolute Gasteiger partial charge is 0.381 e. The number of ether oxygens (including phenoxy) is 1. The number of halogens is 2. The Bertz CT molecular complexity index is 607. The third-order valence-corrected chi connectivity index (χ3v) is 4.13. The molecule has 0 aliphatic carbocycles. The zero-order chi connectivity index (χ0) is 15.4. The molecular weight excluding hydrogens is 303 g/mol. The minimum Gasteiger partial charge on any atom is -0.381 e. The normalized spacial score (nSPS) is 14.9. The lowest BCUT2D eigenvalue weighted by Crippen LogP contribution is -2.36.